The second kappa shape index (κ2) is 6.48. The van der Waals surface area contributed by atoms with Crippen molar-refractivity contribution in [1.82, 2.24) is 5.32 Å². The first kappa shape index (κ1) is 13.0. The average Bonchev–Trinajstić information content (AvgIpc) is 2.22. The molecule has 0 saturated carbocycles. The fourth-order valence-corrected chi connectivity index (χ4v) is 1.45. The molecule has 0 aliphatic rings. The zero-order chi connectivity index (χ0) is 11.1. The largest absolute Gasteiger partial charge is 0.379 e. The Morgan fingerprint density at radius 2 is 2.14 bits per heavy atom. The third-order valence-corrected chi connectivity index (χ3v) is 2.68. The van der Waals surface area contributed by atoms with Crippen molar-refractivity contribution in [3.63, 3.8) is 0 Å². The predicted octanol–water partition coefficient (Wildman–Crippen LogP) is 1.09. The highest BCUT2D eigenvalue weighted by Gasteiger charge is 2.09. The molecule has 4 nitrogen and oxygen atoms in total. The molecule has 0 aromatic carbocycles. The van der Waals surface area contributed by atoms with E-state index in [-0.39, 0.29) is 11.7 Å². The summed E-state index contributed by atoms with van der Waals surface area (Å²) >= 11 is 1.50. The number of carbonyl (C=O) groups excluding carboxylic acids is 1. The van der Waals surface area contributed by atoms with E-state index in [1.165, 1.54) is 18.8 Å². The highest BCUT2D eigenvalue weighted by Crippen LogP contribution is 2.15. The monoisotopic (exact) mass is 215 g/mol. The first-order valence-corrected chi connectivity index (χ1v) is 5.56. The molecular weight excluding hydrogens is 198 g/mol. The van der Waals surface area contributed by atoms with E-state index in [1.807, 2.05) is 20.1 Å². The van der Waals surface area contributed by atoms with E-state index in [2.05, 4.69) is 10.3 Å². The molecule has 0 bridgehead atoms. The number of carbonyl (C=O) groups is 1. The van der Waals surface area contributed by atoms with Gasteiger partial charge >= 0.3 is 0 Å². The topological polar surface area (TPSA) is 67.5 Å². The average molecular weight is 215 g/mol. The van der Waals surface area contributed by atoms with Crippen LogP contribution in [-0.2, 0) is 4.79 Å². The number of hydrogen-bond acceptors (Lipinski definition) is 3. The zero-order valence-corrected chi connectivity index (χ0v) is 9.86. The summed E-state index contributed by atoms with van der Waals surface area (Å²) in [4.78, 5) is 15.0. The van der Waals surface area contributed by atoms with E-state index >= 15 is 0 Å². The van der Waals surface area contributed by atoms with Crippen molar-refractivity contribution < 1.29 is 4.79 Å². The van der Waals surface area contributed by atoms with Crippen molar-refractivity contribution in [3.05, 3.63) is 10.6 Å². The number of thioether (sulfide) groups is 1. The van der Waals surface area contributed by atoms with Gasteiger partial charge < -0.3 is 11.1 Å². The van der Waals surface area contributed by atoms with Gasteiger partial charge in [-0.05, 0) is 25.2 Å². The standard InChI is InChI=1S/C9H17N3OS/c1-5-6(2)9(14-4)12-8(13)7(10)11-3/h5H2,1-4H3,(H2,10,11)(H,12,13)/b9-6-. The van der Waals surface area contributed by atoms with E-state index < -0.39 is 0 Å². The summed E-state index contributed by atoms with van der Waals surface area (Å²) in [5.41, 5.74) is 6.50. The van der Waals surface area contributed by atoms with Crippen molar-refractivity contribution >= 4 is 23.5 Å². The minimum absolute atomic E-state index is 0.000420. The Bertz CT molecular complexity index is 271. The van der Waals surface area contributed by atoms with Crippen LogP contribution >= 0.6 is 11.8 Å². The van der Waals surface area contributed by atoms with Crippen molar-refractivity contribution in [2.45, 2.75) is 20.3 Å². The number of nitrogens with two attached hydrogens (primary N) is 1. The molecule has 1 amide bonds. The van der Waals surface area contributed by atoms with Crippen LogP contribution in [0.2, 0.25) is 0 Å². The summed E-state index contributed by atoms with van der Waals surface area (Å²) in [5.74, 6) is -0.342. The molecule has 0 atom stereocenters. The Morgan fingerprint density at radius 3 is 2.50 bits per heavy atom. The molecule has 0 heterocycles. The first-order valence-electron chi connectivity index (χ1n) is 4.34. The fourth-order valence-electron chi connectivity index (χ4n) is 0.761. The van der Waals surface area contributed by atoms with Gasteiger partial charge in [0, 0.05) is 7.05 Å². The van der Waals surface area contributed by atoms with Crippen LogP contribution in [0.1, 0.15) is 20.3 Å². The minimum atomic E-state index is -0.343. The van der Waals surface area contributed by atoms with Gasteiger partial charge in [0.25, 0.3) is 5.91 Å². The van der Waals surface area contributed by atoms with Gasteiger partial charge in [-0.1, -0.05) is 6.92 Å². The van der Waals surface area contributed by atoms with Gasteiger partial charge in [-0.3, -0.25) is 9.79 Å². The Balaban J connectivity index is 4.57. The molecule has 80 valence electrons. The number of aliphatic imine (C=N–C) groups is 1. The molecule has 0 aliphatic carbocycles. The number of nitrogens with one attached hydrogen (secondary N) is 1. The SMILES string of the molecule is CC/C(C)=C(/NC(=O)/C(N)=N\C)SC. The van der Waals surface area contributed by atoms with Crippen molar-refractivity contribution in [1.29, 1.82) is 0 Å². The van der Waals surface area contributed by atoms with E-state index in [1.54, 1.807) is 0 Å². The van der Waals surface area contributed by atoms with Gasteiger partial charge in [0.1, 0.15) is 0 Å². The van der Waals surface area contributed by atoms with Crippen molar-refractivity contribution in [2.24, 2.45) is 10.7 Å². The molecule has 3 N–H and O–H groups in total. The molecule has 14 heavy (non-hydrogen) atoms. The highest BCUT2D eigenvalue weighted by atomic mass is 32.2. The predicted molar refractivity (Wildman–Crippen MR) is 62.2 cm³/mol. The van der Waals surface area contributed by atoms with Crippen molar-refractivity contribution in [3.8, 4) is 0 Å². The zero-order valence-electron chi connectivity index (χ0n) is 9.05. The second-order valence-corrected chi connectivity index (χ2v) is 3.55. The number of allylic oxidation sites excluding steroid dienone is 1. The fraction of sp³-hybridized carbons (Fsp3) is 0.556. The third kappa shape index (κ3) is 3.83. The van der Waals surface area contributed by atoms with Crippen LogP contribution in [0.15, 0.2) is 15.6 Å². The molecule has 5 heteroatoms. The van der Waals surface area contributed by atoms with Crippen LogP contribution in [0, 0.1) is 0 Å². The summed E-state index contributed by atoms with van der Waals surface area (Å²) in [6.45, 7) is 4.01. The highest BCUT2D eigenvalue weighted by molar-refractivity contribution is 8.02. The number of rotatable bonds is 3. The summed E-state index contributed by atoms with van der Waals surface area (Å²) in [7, 11) is 1.49. The molecular formula is C9H17N3OS. The number of hydrogen-bond donors (Lipinski definition) is 2. The molecule has 0 aromatic heterocycles. The maximum atomic E-state index is 11.3. The lowest BCUT2D eigenvalue weighted by molar-refractivity contribution is -0.114. The summed E-state index contributed by atoms with van der Waals surface area (Å²) in [5, 5.41) is 3.57. The van der Waals surface area contributed by atoms with E-state index in [4.69, 9.17) is 5.73 Å². The maximum Gasteiger partial charge on any atom is 0.290 e. The van der Waals surface area contributed by atoms with Crippen LogP contribution in [0.5, 0.6) is 0 Å². The van der Waals surface area contributed by atoms with Gasteiger partial charge in [-0.2, -0.15) is 0 Å². The molecule has 0 fully saturated rings. The molecule has 0 rings (SSSR count). The Kier molecular flexibility index (Phi) is 6.03. The summed E-state index contributed by atoms with van der Waals surface area (Å²) < 4.78 is 0. The maximum absolute atomic E-state index is 11.3. The van der Waals surface area contributed by atoms with Crippen molar-refractivity contribution in [2.75, 3.05) is 13.3 Å². The van der Waals surface area contributed by atoms with Crippen LogP contribution in [0.4, 0.5) is 0 Å². The third-order valence-electron chi connectivity index (χ3n) is 1.82. The van der Waals surface area contributed by atoms with Crippen LogP contribution < -0.4 is 11.1 Å². The summed E-state index contributed by atoms with van der Waals surface area (Å²) in [6, 6.07) is 0. The first-order chi connectivity index (χ1) is 6.56. The Hall–Kier alpha value is -0.970. The molecule has 0 aliphatic heterocycles. The van der Waals surface area contributed by atoms with Gasteiger partial charge in [0.05, 0.1) is 5.03 Å². The van der Waals surface area contributed by atoms with Crippen LogP contribution in [0.3, 0.4) is 0 Å². The van der Waals surface area contributed by atoms with Gasteiger partial charge in [-0.25, -0.2) is 0 Å². The smallest absolute Gasteiger partial charge is 0.290 e. The van der Waals surface area contributed by atoms with E-state index in [0.717, 1.165) is 17.0 Å². The van der Waals surface area contributed by atoms with Gasteiger partial charge in [0.15, 0.2) is 5.84 Å². The minimum Gasteiger partial charge on any atom is -0.379 e. The lowest BCUT2D eigenvalue weighted by atomic mass is 10.2. The molecule has 0 aromatic rings. The van der Waals surface area contributed by atoms with E-state index in [0.29, 0.717) is 0 Å². The number of amidine groups is 1. The normalized spacial score (nSPS) is 13.6. The Morgan fingerprint density at radius 1 is 1.57 bits per heavy atom. The molecule has 0 spiro atoms. The summed E-state index contributed by atoms with van der Waals surface area (Å²) in [6.07, 6.45) is 2.81. The van der Waals surface area contributed by atoms with E-state index in [9.17, 15) is 4.79 Å². The van der Waals surface area contributed by atoms with Gasteiger partial charge in [-0.15, -0.1) is 11.8 Å². The van der Waals surface area contributed by atoms with Gasteiger partial charge in [0.2, 0.25) is 0 Å². The Labute approximate surface area is 89.0 Å². The molecule has 0 unspecified atom stereocenters. The van der Waals surface area contributed by atoms with Crippen LogP contribution in [0.25, 0.3) is 0 Å². The second-order valence-electron chi connectivity index (χ2n) is 2.73. The lowest BCUT2D eigenvalue weighted by Crippen LogP contribution is -2.35. The molecule has 0 saturated heterocycles. The molecule has 0 radical (unpaired) electrons. The number of amides is 1. The quantitative estimate of drug-likeness (QED) is 0.547. The number of nitrogens with zero attached hydrogens (tertiary/aromatic N) is 1. The lowest BCUT2D eigenvalue weighted by Gasteiger charge is -2.09. The van der Waals surface area contributed by atoms with Crippen LogP contribution in [-0.4, -0.2) is 25.0 Å².